The maximum atomic E-state index is 11.3. The number of hydrogen-bond donors (Lipinski definition) is 2. The number of aromatic nitrogens is 1. The Morgan fingerprint density at radius 3 is 2.67 bits per heavy atom. The minimum Gasteiger partial charge on any atom is -0.394 e. The van der Waals surface area contributed by atoms with Crippen LogP contribution in [0.5, 0.6) is 0 Å². The standard InChI is InChI=1S/C11H9ClN2O/c12-8-3-1-2-7(6-8)10-5-4-9(13)11(15)14-10/h1-6H,13H2,(H,14,15). The summed E-state index contributed by atoms with van der Waals surface area (Å²) in [6, 6.07) is 10.6. The van der Waals surface area contributed by atoms with E-state index in [1.165, 1.54) is 0 Å². The van der Waals surface area contributed by atoms with Crippen molar-refractivity contribution in [2.75, 3.05) is 5.73 Å². The van der Waals surface area contributed by atoms with Crippen molar-refractivity contribution in [2.24, 2.45) is 0 Å². The predicted octanol–water partition coefficient (Wildman–Crippen LogP) is 2.28. The van der Waals surface area contributed by atoms with E-state index in [4.69, 9.17) is 17.3 Å². The lowest BCUT2D eigenvalue weighted by Gasteiger charge is -2.02. The van der Waals surface area contributed by atoms with Crippen molar-refractivity contribution >= 4 is 17.3 Å². The highest BCUT2D eigenvalue weighted by atomic mass is 35.5. The quantitative estimate of drug-likeness (QED) is 0.775. The highest BCUT2D eigenvalue weighted by Crippen LogP contribution is 2.19. The molecule has 1 heterocycles. The molecule has 0 aliphatic carbocycles. The van der Waals surface area contributed by atoms with E-state index in [0.29, 0.717) is 10.7 Å². The number of anilines is 1. The fourth-order valence-electron chi connectivity index (χ4n) is 1.31. The van der Waals surface area contributed by atoms with Crippen molar-refractivity contribution in [3.05, 3.63) is 51.8 Å². The van der Waals surface area contributed by atoms with Crippen molar-refractivity contribution in [1.29, 1.82) is 0 Å². The van der Waals surface area contributed by atoms with E-state index in [1.807, 2.05) is 12.1 Å². The lowest BCUT2D eigenvalue weighted by atomic mass is 10.1. The summed E-state index contributed by atoms with van der Waals surface area (Å²) in [7, 11) is 0. The van der Waals surface area contributed by atoms with E-state index in [-0.39, 0.29) is 11.2 Å². The molecule has 0 aliphatic rings. The molecule has 1 aromatic carbocycles. The Morgan fingerprint density at radius 1 is 1.20 bits per heavy atom. The third-order valence-corrected chi connectivity index (χ3v) is 2.31. The number of benzene rings is 1. The van der Waals surface area contributed by atoms with Gasteiger partial charge in [-0.05, 0) is 29.8 Å². The van der Waals surface area contributed by atoms with Gasteiger partial charge in [-0.3, -0.25) is 4.79 Å². The molecule has 3 N–H and O–H groups in total. The van der Waals surface area contributed by atoms with Gasteiger partial charge >= 0.3 is 0 Å². The second-order valence-corrected chi connectivity index (χ2v) is 3.60. The van der Waals surface area contributed by atoms with Crippen LogP contribution >= 0.6 is 11.6 Å². The van der Waals surface area contributed by atoms with Gasteiger partial charge in [-0.25, -0.2) is 0 Å². The van der Waals surface area contributed by atoms with Gasteiger partial charge in [0.25, 0.3) is 5.56 Å². The van der Waals surface area contributed by atoms with E-state index in [1.54, 1.807) is 24.3 Å². The highest BCUT2D eigenvalue weighted by molar-refractivity contribution is 6.30. The second-order valence-electron chi connectivity index (χ2n) is 3.17. The minimum atomic E-state index is -0.285. The lowest BCUT2D eigenvalue weighted by Crippen LogP contribution is -2.11. The van der Waals surface area contributed by atoms with Gasteiger partial charge in [-0.2, -0.15) is 0 Å². The van der Waals surface area contributed by atoms with Crippen LogP contribution in [-0.2, 0) is 0 Å². The van der Waals surface area contributed by atoms with E-state index < -0.39 is 0 Å². The first-order valence-electron chi connectivity index (χ1n) is 4.41. The number of H-pyrrole nitrogens is 1. The monoisotopic (exact) mass is 220 g/mol. The van der Waals surface area contributed by atoms with Crippen molar-refractivity contribution in [3.63, 3.8) is 0 Å². The zero-order valence-corrected chi connectivity index (χ0v) is 8.58. The number of nitrogens with one attached hydrogen (secondary N) is 1. The van der Waals surface area contributed by atoms with Gasteiger partial charge in [0.1, 0.15) is 0 Å². The number of aromatic amines is 1. The smallest absolute Gasteiger partial charge is 0.271 e. The van der Waals surface area contributed by atoms with Gasteiger partial charge in [-0.15, -0.1) is 0 Å². The van der Waals surface area contributed by atoms with E-state index >= 15 is 0 Å². The molecule has 15 heavy (non-hydrogen) atoms. The van der Waals surface area contributed by atoms with Crippen LogP contribution in [0.15, 0.2) is 41.2 Å². The average Bonchev–Trinajstić information content (AvgIpc) is 2.22. The molecule has 0 fully saturated rings. The fraction of sp³-hybridized carbons (Fsp3) is 0. The molecule has 76 valence electrons. The molecule has 0 unspecified atom stereocenters. The maximum Gasteiger partial charge on any atom is 0.271 e. The van der Waals surface area contributed by atoms with Crippen molar-refractivity contribution in [3.8, 4) is 11.3 Å². The third kappa shape index (κ3) is 2.02. The first kappa shape index (κ1) is 9.80. The number of rotatable bonds is 1. The topological polar surface area (TPSA) is 58.9 Å². The molecule has 0 atom stereocenters. The van der Waals surface area contributed by atoms with E-state index in [2.05, 4.69) is 4.98 Å². The summed E-state index contributed by atoms with van der Waals surface area (Å²) < 4.78 is 0. The Hall–Kier alpha value is -1.74. The number of nitrogens with two attached hydrogens (primary N) is 1. The van der Waals surface area contributed by atoms with Gasteiger partial charge in [0, 0.05) is 10.7 Å². The van der Waals surface area contributed by atoms with E-state index in [0.717, 1.165) is 5.56 Å². The zero-order valence-electron chi connectivity index (χ0n) is 7.83. The molecule has 0 bridgehead atoms. The first-order valence-corrected chi connectivity index (χ1v) is 4.79. The molecule has 0 aliphatic heterocycles. The minimum absolute atomic E-state index is 0.209. The van der Waals surface area contributed by atoms with E-state index in [9.17, 15) is 4.79 Å². The van der Waals surface area contributed by atoms with Crippen LogP contribution in [0.3, 0.4) is 0 Å². The first-order chi connectivity index (χ1) is 7.16. The fourth-order valence-corrected chi connectivity index (χ4v) is 1.50. The molecular formula is C11H9ClN2O. The Balaban J connectivity index is 2.55. The number of hydrogen-bond acceptors (Lipinski definition) is 2. The normalized spacial score (nSPS) is 10.2. The Bertz CT molecular complexity index is 548. The Labute approximate surface area is 91.5 Å². The van der Waals surface area contributed by atoms with Gasteiger partial charge < -0.3 is 10.7 Å². The molecule has 0 saturated heterocycles. The largest absolute Gasteiger partial charge is 0.394 e. The Morgan fingerprint density at radius 2 is 2.00 bits per heavy atom. The molecule has 0 spiro atoms. The van der Waals surface area contributed by atoms with Gasteiger partial charge in [0.05, 0.1) is 5.69 Å². The van der Waals surface area contributed by atoms with Crippen LogP contribution in [0.1, 0.15) is 0 Å². The predicted molar refractivity (Wildman–Crippen MR) is 61.9 cm³/mol. The molecule has 0 amide bonds. The molecule has 3 nitrogen and oxygen atoms in total. The van der Waals surface area contributed by atoms with Crippen LogP contribution in [0.25, 0.3) is 11.3 Å². The SMILES string of the molecule is Nc1ccc(-c2cccc(Cl)c2)[nH]c1=O. The maximum absolute atomic E-state index is 11.3. The van der Waals surface area contributed by atoms with Crippen LogP contribution in [0.4, 0.5) is 5.69 Å². The van der Waals surface area contributed by atoms with Crippen LogP contribution < -0.4 is 11.3 Å². The summed E-state index contributed by atoms with van der Waals surface area (Å²) in [5, 5.41) is 0.630. The van der Waals surface area contributed by atoms with Gasteiger partial charge in [-0.1, -0.05) is 23.7 Å². The summed E-state index contributed by atoms with van der Waals surface area (Å²) in [5.41, 5.74) is 6.92. The second kappa shape index (κ2) is 3.79. The molecule has 4 heteroatoms. The Kier molecular flexibility index (Phi) is 2.47. The zero-order chi connectivity index (χ0) is 10.8. The third-order valence-electron chi connectivity index (χ3n) is 2.08. The molecular weight excluding hydrogens is 212 g/mol. The number of halogens is 1. The summed E-state index contributed by atoms with van der Waals surface area (Å²) in [5.74, 6) is 0. The molecule has 0 saturated carbocycles. The highest BCUT2D eigenvalue weighted by Gasteiger charge is 2.00. The summed E-state index contributed by atoms with van der Waals surface area (Å²) in [4.78, 5) is 14.0. The van der Waals surface area contributed by atoms with Crippen molar-refractivity contribution in [1.82, 2.24) is 4.98 Å². The van der Waals surface area contributed by atoms with Crippen molar-refractivity contribution in [2.45, 2.75) is 0 Å². The van der Waals surface area contributed by atoms with Crippen molar-refractivity contribution < 1.29 is 0 Å². The number of nitrogen functional groups attached to an aromatic ring is 1. The van der Waals surface area contributed by atoms with Crippen LogP contribution in [0.2, 0.25) is 5.02 Å². The lowest BCUT2D eigenvalue weighted by molar-refractivity contribution is 1.25. The molecule has 2 rings (SSSR count). The van der Waals surface area contributed by atoms with Crippen LogP contribution in [-0.4, -0.2) is 4.98 Å². The molecule has 2 aromatic rings. The average molecular weight is 221 g/mol. The summed E-state index contributed by atoms with van der Waals surface area (Å²) >= 11 is 5.85. The molecule has 0 radical (unpaired) electrons. The number of pyridine rings is 1. The summed E-state index contributed by atoms with van der Waals surface area (Å²) in [6.45, 7) is 0. The van der Waals surface area contributed by atoms with Gasteiger partial charge in [0.15, 0.2) is 0 Å². The van der Waals surface area contributed by atoms with Crippen LogP contribution in [0, 0.1) is 0 Å². The van der Waals surface area contributed by atoms with Gasteiger partial charge in [0.2, 0.25) is 0 Å². The molecule has 1 aromatic heterocycles. The summed E-state index contributed by atoms with van der Waals surface area (Å²) in [6.07, 6.45) is 0.